The summed E-state index contributed by atoms with van der Waals surface area (Å²) in [7, 11) is 1.26. The first-order valence-electron chi connectivity index (χ1n) is 7.80. The summed E-state index contributed by atoms with van der Waals surface area (Å²) >= 11 is 1.08. The molecule has 1 aromatic rings. The Kier molecular flexibility index (Phi) is 7.16. The number of thioether (sulfide) groups is 1. The third-order valence-electron chi connectivity index (χ3n) is 3.08. The van der Waals surface area contributed by atoms with Gasteiger partial charge in [0, 0.05) is 12.3 Å². The largest absolute Gasteiger partial charge is 0.466 e. The van der Waals surface area contributed by atoms with E-state index in [2.05, 4.69) is 21.8 Å². The van der Waals surface area contributed by atoms with E-state index in [0.717, 1.165) is 30.7 Å². The molecule has 0 unspecified atom stereocenters. The maximum Gasteiger partial charge on any atom is 0.331 e. The lowest BCUT2D eigenvalue weighted by Gasteiger charge is -2.07. The van der Waals surface area contributed by atoms with Crippen LogP contribution in [0.3, 0.4) is 0 Å². The second-order valence-electron chi connectivity index (χ2n) is 4.96. The lowest BCUT2D eigenvalue weighted by molar-refractivity contribution is -0.135. The average molecular weight is 357 g/mol. The Morgan fingerprint density at radius 2 is 2.08 bits per heavy atom. The number of unbranched alkanes of at least 4 members (excludes halogenated alkanes) is 1. The van der Waals surface area contributed by atoms with E-state index in [0.29, 0.717) is 10.9 Å². The van der Waals surface area contributed by atoms with Gasteiger partial charge in [0.1, 0.15) is 0 Å². The predicted molar refractivity (Wildman–Crippen MR) is 101 cm³/mol. The fourth-order valence-electron chi connectivity index (χ4n) is 1.85. The van der Waals surface area contributed by atoms with Crippen LogP contribution in [-0.4, -0.2) is 35.4 Å². The van der Waals surface area contributed by atoms with E-state index in [1.165, 1.54) is 18.3 Å². The molecule has 0 radical (unpaired) electrons. The molecule has 0 N–H and O–H groups in total. The molecular weight excluding hydrogens is 338 g/mol. The Labute approximate surface area is 151 Å². The third-order valence-corrected chi connectivity index (χ3v) is 4.04. The molecule has 0 aromatic heterocycles. The fraction of sp³-hybridized carbons (Fsp3) is 0.222. The zero-order valence-corrected chi connectivity index (χ0v) is 14.9. The van der Waals surface area contributed by atoms with Gasteiger partial charge < -0.3 is 4.74 Å². The smallest absolute Gasteiger partial charge is 0.331 e. The summed E-state index contributed by atoms with van der Waals surface area (Å²) in [6.45, 7) is 2.08. The molecule has 2 rings (SSSR count). The molecule has 1 heterocycles. The van der Waals surface area contributed by atoms with Gasteiger partial charge in [0.05, 0.1) is 17.7 Å². The van der Waals surface area contributed by atoms with Crippen molar-refractivity contribution in [3.05, 3.63) is 53.5 Å². The van der Waals surface area contributed by atoms with Gasteiger partial charge in [-0.25, -0.2) is 9.79 Å². The van der Waals surface area contributed by atoms with Gasteiger partial charge in [0.2, 0.25) is 0 Å². The lowest BCUT2D eigenvalue weighted by Crippen LogP contribution is -2.23. The molecule has 1 aliphatic rings. The van der Waals surface area contributed by atoms with Gasteiger partial charge >= 0.3 is 5.97 Å². The van der Waals surface area contributed by atoms with Gasteiger partial charge in [-0.1, -0.05) is 37.6 Å². The van der Waals surface area contributed by atoms with Crippen LogP contribution in [-0.2, 0) is 14.3 Å². The van der Waals surface area contributed by atoms with E-state index >= 15 is 0 Å². The number of carbonyl (C=O) groups excluding carboxylic acids is 2. The molecule has 0 saturated carbocycles. The van der Waals surface area contributed by atoms with Crippen molar-refractivity contribution >= 4 is 40.7 Å². The topological polar surface area (TPSA) is 71.3 Å². The number of nitrogens with zero attached hydrogens (tertiary/aromatic N) is 3. The molecule has 1 amide bonds. The van der Waals surface area contributed by atoms with Crippen LogP contribution in [0.25, 0.3) is 0 Å². The van der Waals surface area contributed by atoms with Crippen molar-refractivity contribution in [2.45, 2.75) is 19.8 Å². The number of allylic oxidation sites excluding steroid dienone is 2. The maximum atomic E-state index is 12.5. The van der Waals surface area contributed by atoms with Crippen LogP contribution in [0, 0.1) is 0 Å². The number of esters is 1. The maximum absolute atomic E-state index is 12.5. The zero-order chi connectivity index (χ0) is 18.1. The minimum Gasteiger partial charge on any atom is -0.466 e. The summed E-state index contributed by atoms with van der Waals surface area (Å²) in [5.41, 5.74) is 0.693. The first kappa shape index (κ1) is 18.7. The van der Waals surface area contributed by atoms with Crippen LogP contribution in [0.1, 0.15) is 19.8 Å². The van der Waals surface area contributed by atoms with Crippen LogP contribution in [0.15, 0.2) is 63.6 Å². The number of hydrazone groups is 1. The van der Waals surface area contributed by atoms with E-state index in [4.69, 9.17) is 0 Å². The van der Waals surface area contributed by atoms with Gasteiger partial charge in [-0.15, -0.1) is 0 Å². The number of para-hydroxylation sites is 1. The Morgan fingerprint density at radius 1 is 1.32 bits per heavy atom. The summed E-state index contributed by atoms with van der Waals surface area (Å²) < 4.78 is 4.59. The number of aliphatic imine (C=N–C) groups is 1. The average Bonchev–Trinajstić information content (AvgIpc) is 2.90. The van der Waals surface area contributed by atoms with E-state index in [1.807, 2.05) is 36.4 Å². The number of ether oxygens (including phenoxy) is 1. The zero-order valence-electron chi connectivity index (χ0n) is 14.1. The minimum atomic E-state index is -0.594. The van der Waals surface area contributed by atoms with E-state index < -0.39 is 11.9 Å². The van der Waals surface area contributed by atoms with Crippen LogP contribution in [0.2, 0.25) is 0 Å². The molecule has 1 fully saturated rings. The van der Waals surface area contributed by atoms with Gasteiger partial charge in [0.15, 0.2) is 5.17 Å². The van der Waals surface area contributed by atoms with E-state index in [9.17, 15) is 9.59 Å². The Balaban J connectivity index is 2.29. The summed E-state index contributed by atoms with van der Waals surface area (Å²) in [4.78, 5) is 28.6. The highest BCUT2D eigenvalue weighted by molar-refractivity contribution is 8.18. The SMILES string of the molecule is CCC/C=C/C=N/N1C(=O)/C(=C/C(=O)OC)SC1=Nc1ccccc1. The van der Waals surface area contributed by atoms with Gasteiger partial charge in [0.25, 0.3) is 5.91 Å². The molecule has 1 aromatic carbocycles. The van der Waals surface area contributed by atoms with Crippen molar-refractivity contribution in [2.24, 2.45) is 10.1 Å². The second kappa shape index (κ2) is 9.58. The van der Waals surface area contributed by atoms with Crippen LogP contribution < -0.4 is 0 Å². The highest BCUT2D eigenvalue weighted by atomic mass is 32.2. The van der Waals surface area contributed by atoms with E-state index in [-0.39, 0.29) is 4.91 Å². The Morgan fingerprint density at radius 3 is 2.76 bits per heavy atom. The number of hydrogen-bond acceptors (Lipinski definition) is 6. The van der Waals surface area contributed by atoms with Crippen molar-refractivity contribution in [1.29, 1.82) is 0 Å². The van der Waals surface area contributed by atoms with Gasteiger partial charge in [-0.05, 0) is 36.4 Å². The van der Waals surface area contributed by atoms with Crippen molar-refractivity contribution in [2.75, 3.05) is 7.11 Å². The number of carbonyl (C=O) groups is 2. The van der Waals surface area contributed by atoms with Crippen molar-refractivity contribution in [1.82, 2.24) is 5.01 Å². The van der Waals surface area contributed by atoms with Crippen molar-refractivity contribution < 1.29 is 14.3 Å². The number of rotatable bonds is 6. The van der Waals surface area contributed by atoms with Crippen molar-refractivity contribution in [3.8, 4) is 0 Å². The second-order valence-corrected chi connectivity index (χ2v) is 5.97. The number of amides is 1. The molecule has 0 bridgehead atoms. The summed E-state index contributed by atoms with van der Waals surface area (Å²) in [6.07, 6.45) is 8.41. The Hall–Kier alpha value is -2.67. The predicted octanol–water partition coefficient (Wildman–Crippen LogP) is 3.65. The molecule has 0 spiro atoms. The van der Waals surface area contributed by atoms with Crippen LogP contribution >= 0.6 is 11.8 Å². The molecule has 0 atom stereocenters. The number of methoxy groups -OCH3 is 1. The molecule has 1 aliphatic heterocycles. The molecule has 130 valence electrons. The Bertz CT molecular complexity index is 739. The highest BCUT2D eigenvalue weighted by Gasteiger charge is 2.34. The summed E-state index contributed by atoms with van der Waals surface area (Å²) in [6, 6.07) is 9.24. The summed E-state index contributed by atoms with van der Waals surface area (Å²) in [5.74, 6) is -1.01. The first-order valence-corrected chi connectivity index (χ1v) is 8.62. The summed E-state index contributed by atoms with van der Waals surface area (Å²) in [5, 5.41) is 5.73. The van der Waals surface area contributed by atoms with Gasteiger partial charge in [-0.3, -0.25) is 4.79 Å². The molecule has 25 heavy (non-hydrogen) atoms. The molecule has 6 nitrogen and oxygen atoms in total. The first-order chi connectivity index (χ1) is 12.2. The molecule has 7 heteroatoms. The van der Waals surface area contributed by atoms with Crippen molar-refractivity contribution in [3.63, 3.8) is 0 Å². The number of amidine groups is 1. The highest BCUT2D eigenvalue weighted by Crippen LogP contribution is 2.32. The number of hydrogen-bond donors (Lipinski definition) is 0. The quantitative estimate of drug-likeness (QED) is 0.443. The van der Waals surface area contributed by atoms with E-state index in [1.54, 1.807) is 6.08 Å². The standard InChI is InChI=1S/C18H19N3O3S/c1-3-4-5-9-12-19-21-17(23)15(13-16(22)24-2)25-18(21)20-14-10-7-6-8-11-14/h5-13H,3-4H2,1-2H3/b9-5+,15-13-,19-12+,20-18?. The lowest BCUT2D eigenvalue weighted by atomic mass is 10.3. The van der Waals surface area contributed by atoms with Crippen LogP contribution in [0.5, 0.6) is 0 Å². The molecule has 0 aliphatic carbocycles. The monoisotopic (exact) mass is 357 g/mol. The van der Waals surface area contributed by atoms with Crippen LogP contribution in [0.4, 0.5) is 5.69 Å². The molecular formula is C18H19N3O3S. The normalized spacial score (nSPS) is 18.2. The third kappa shape index (κ3) is 5.42. The minimum absolute atomic E-state index is 0.219. The number of benzene rings is 1. The molecule has 1 saturated heterocycles. The van der Waals surface area contributed by atoms with Gasteiger partial charge in [-0.2, -0.15) is 10.1 Å². The fourth-order valence-corrected chi connectivity index (χ4v) is 2.74.